The highest BCUT2D eigenvalue weighted by Crippen LogP contribution is 2.45. The van der Waals surface area contributed by atoms with Crippen LogP contribution in [0.4, 0.5) is 0 Å². The van der Waals surface area contributed by atoms with Crippen molar-refractivity contribution in [2.45, 2.75) is 50.2 Å². The van der Waals surface area contributed by atoms with Gasteiger partial charge in [0.2, 0.25) is 0 Å². The van der Waals surface area contributed by atoms with E-state index in [1.54, 1.807) is 0 Å². The first-order chi connectivity index (χ1) is 9.71. The lowest BCUT2D eigenvalue weighted by atomic mass is 9.70. The van der Waals surface area contributed by atoms with Gasteiger partial charge in [0.1, 0.15) is 0 Å². The molecule has 1 N–H and O–H groups in total. The fourth-order valence-corrected chi connectivity index (χ4v) is 3.96. The minimum atomic E-state index is 0.229. The first-order valence-corrected chi connectivity index (χ1v) is 8.14. The van der Waals surface area contributed by atoms with Crippen molar-refractivity contribution in [1.29, 1.82) is 0 Å². The van der Waals surface area contributed by atoms with E-state index in [0.29, 0.717) is 12.0 Å². The Kier molecular flexibility index (Phi) is 4.34. The summed E-state index contributed by atoms with van der Waals surface area (Å²) in [5.74, 6) is 0.716. The van der Waals surface area contributed by atoms with Gasteiger partial charge in [0.05, 0.1) is 5.60 Å². The molecule has 0 amide bonds. The standard InChI is InChI=1S/C17H24ClNO/c1-19-16(11-13-4-2-5-15(18)10-13)14-6-9-20-17(12-14)7-3-8-17/h2,4-5,10,14,16,19H,3,6-9,11-12H2,1H3. The Balaban J connectivity index is 1.66. The molecule has 110 valence electrons. The number of hydrogen-bond acceptors (Lipinski definition) is 2. The third-order valence-corrected chi connectivity index (χ3v) is 5.32. The molecule has 3 heteroatoms. The summed E-state index contributed by atoms with van der Waals surface area (Å²) >= 11 is 6.09. The summed E-state index contributed by atoms with van der Waals surface area (Å²) < 4.78 is 6.05. The van der Waals surface area contributed by atoms with Crippen molar-refractivity contribution in [1.82, 2.24) is 5.32 Å². The van der Waals surface area contributed by atoms with Gasteiger partial charge in [0.15, 0.2) is 0 Å². The predicted molar refractivity (Wildman–Crippen MR) is 83.3 cm³/mol. The normalized spacial score (nSPS) is 26.2. The van der Waals surface area contributed by atoms with Gasteiger partial charge < -0.3 is 10.1 Å². The molecular weight excluding hydrogens is 270 g/mol. The van der Waals surface area contributed by atoms with Crippen LogP contribution in [0.1, 0.15) is 37.7 Å². The van der Waals surface area contributed by atoms with Gasteiger partial charge in [0, 0.05) is 17.7 Å². The Morgan fingerprint density at radius 1 is 1.45 bits per heavy atom. The van der Waals surface area contributed by atoms with Gasteiger partial charge in [-0.25, -0.2) is 0 Å². The average Bonchev–Trinajstić information content (AvgIpc) is 2.43. The fraction of sp³-hybridized carbons (Fsp3) is 0.647. The lowest BCUT2D eigenvalue weighted by molar-refractivity contribution is -0.146. The fourth-order valence-electron chi connectivity index (χ4n) is 3.75. The predicted octanol–water partition coefficient (Wildman–Crippen LogP) is 3.82. The number of nitrogens with one attached hydrogen (secondary N) is 1. The van der Waals surface area contributed by atoms with Crippen molar-refractivity contribution in [3.63, 3.8) is 0 Å². The molecule has 2 aliphatic rings. The molecule has 1 aromatic carbocycles. The van der Waals surface area contributed by atoms with E-state index in [1.165, 1.54) is 37.7 Å². The lowest BCUT2D eigenvalue weighted by Gasteiger charge is -2.48. The van der Waals surface area contributed by atoms with Crippen LogP contribution in [0, 0.1) is 5.92 Å². The zero-order valence-electron chi connectivity index (χ0n) is 12.2. The van der Waals surface area contributed by atoms with Crippen molar-refractivity contribution >= 4 is 11.6 Å². The van der Waals surface area contributed by atoms with E-state index in [9.17, 15) is 0 Å². The maximum Gasteiger partial charge on any atom is 0.0685 e. The van der Waals surface area contributed by atoms with E-state index in [2.05, 4.69) is 24.5 Å². The number of halogens is 1. The van der Waals surface area contributed by atoms with Gasteiger partial charge in [-0.1, -0.05) is 23.7 Å². The summed E-state index contributed by atoms with van der Waals surface area (Å²) in [4.78, 5) is 0. The van der Waals surface area contributed by atoms with E-state index in [-0.39, 0.29) is 5.60 Å². The van der Waals surface area contributed by atoms with Gasteiger partial charge in [-0.3, -0.25) is 0 Å². The van der Waals surface area contributed by atoms with E-state index >= 15 is 0 Å². The van der Waals surface area contributed by atoms with Gasteiger partial charge in [-0.05, 0) is 69.2 Å². The molecule has 1 spiro atoms. The molecule has 2 unspecified atom stereocenters. The lowest BCUT2D eigenvalue weighted by Crippen LogP contribution is -2.50. The Morgan fingerprint density at radius 3 is 2.95 bits per heavy atom. The van der Waals surface area contributed by atoms with E-state index in [0.717, 1.165) is 18.1 Å². The van der Waals surface area contributed by atoms with Crippen LogP contribution in [0.25, 0.3) is 0 Å². The third-order valence-electron chi connectivity index (χ3n) is 5.08. The molecule has 2 atom stereocenters. The van der Waals surface area contributed by atoms with Crippen molar-refractivity contribution < 1.29 is 4.74 Å². The Labute approximate surface area is 126 Å². The number of hydrogen-bond donors (Lipinski definition) is 1. The van der Waals surface area contributed by atoms with E-state index in [4.69, 9.17) is 16.3 Å². The molecular formula is C17H24ClNO. The molecule has 20 heavy (non-hydrogen) atoms. The molecule has 2 nitrogen and oxygen atoms in total. The van der Waals surface area contributed by atoms with Crippen LogP contribution in [0.15, 0.2) is 24.3 Å². The van der Waals surface area contributed by atoms with E-state index < -0.39 is 0 Å². The monoisotopic (exact) mass is 293 g/mol. The Hall–Kier alpha value is -0.570. The summed E-state index contributed by atoms with van der Waals surface area (Å²) in [6.07, 6.45) is 7.31. The summed E-state index contributed by atoms with van der Waals surface area (Å²) in [6, 6.07) is 8.77. The first-order valence-electron chi connectivity index (χ1n) is 7.76. The first kappa shape index (κ1) is 14.4. The number of ether oxygens (including phenoxy) is 1. The highest BCUT2D eigenvalue weighted by atomic mass is 35.5. The zero-order chi connectivity index (χ0) is 14.0. The molecule has 1 heterocycles. The van der Waals surface area contributed by atoms with Crippen LogP contribution in [0.3, 0.4) is 0 Å². The molecule has 0 aromatic heterocycles. The highest BCUT2D eigenvalue weighted by Gasteiger charge is 2.43. The zero-order valence-corrected chi connectivity index (χ0v) is 13.0. The van der Waals surface area contributed by atoms with Gasteiger partial charge in [0.25, 0.3) is 0 Å². The van der Waals surface area contributed by atoms with Crippen LogP contribution in [0.5, 0.6) is 0 Å². The SMILES string of the molecule is CNC(Cc1cccc(Cl)c1)C1CCOC2(CCC2)C1. The summed E-state index contributed by atoms with van der Waals surface area (Å²) in [7, 11) is 2.08. The van der Waals surface area contributed by atoms with Gasteiger partial charge >= 0.3 is 0 Å². The topological polar surface area (TPSA) is 21.3 Å². The summed E-state index contributed by atoms with van der Waals surface area (Å²) in [6.45, 7) is 0.929. The second kappa shape index (κ2) is 6.05. The minimum absolute atomic E-state index is 0.229. The Morgan fingerprint density at radius 2 is 2.30 bits per heavy atom. The molecule has 1 aliphatic carbocycles. The highest BCUT2D eigenvalue weighted by molar-refractivity contribution is 6.30. The van der Waals surface area contributed by atoms with Crippen molar-refractivity contribution in [2.24, 2.45) is 5.92 Å². The number of rotatable bonds is 4. The minimum Gasteiger partial charge on any atom is -0.375 e. The molecule has 1 aliphatic heterocycles. The van der Waals surface area contributed by atoms with Crippen LogP contribution < -0.4 is 5.32 Å². The number of likely N-dealkylation sites (N-methyl/N-ethyl adjacent to an activating group) is 1. The summed E-state index contributed by atoms with van der Waals surface area (Å²) in [5, 5.41) is 4.36. The molecule has 3 rings (SSSR count). The molecule has 2 fully saturated rings. The smallest absolute Gasteiger partial charge is 0.0685 e. The maximum absolute atomic E-state index is 6.09. The van der Waals surface area contributed by atoms with Crippen molar-refractivity contribution in [3.8, 4) is 0 Å². The molecule has 1 saturated heterocycles. The van der Waals surface area contributed by atoms with Crippen molar-refractivity contribution in [3.05, 3.63) is 34.9 Å². The van der Waals surface area contributed by atoms with Crippen LogP contribution >= 0.6 is 11.6 Å². The maximum atomic E-state index is 6.09. The quantitative estimate of drug-likeness (QED) is 0.911. The largest absolute Gasteiger partial charge is 0.375 e. The number of benzene rings is 1. The molecule has 0 bridgehead atoms. The van der Waals surface area contributed by atoms with Crippen LogP contribution in [-0.2, 0) is 11.2 Å². The molecule has 1 saturated carbocycles. The van der Waals surface area contributed by atoms with Crippen molar-refractivity contribution in [2.75, 3.05) is 13.7 Å². The molecule has 1 aromatic rings. The van der Waals surface area contributed by atoms with Gasteiger partial charge in [-0.2, -0.15) is 0 Å². The average molecular weight is 294 g/mol. The third kappa shape index (κ3) is 3.03. The second-order valence-corrected chi connectivity index (χ2v) is 6.80. The molecule has 0 radical (unpaired) electrons. The Bertz CT molecular complexity index is 458. The second-order valence-electron chi connectivity index (χ2n) is 6.37. The van der Waals surface area contributed by atoms with Gasteiger partial charge in [-0.15, -0.1) is 0 Å². The van der Waals surface area contributed by atoms with Crippen LogP contribution in [-0.4, -0.2) is 25.3 Å². The van der Waals surface area contributed by atoms with E-state index in [1.807, 2.05) is 12.1 Å². The summed E-state index contributed by atoms with van der Waals surface area (Å²) in [5.41, 5.74) is 1.55. The van der Waals surface area contributed by atoms with Crippen LogP contribution in [0.2, 0.25) is 5.02 Å².